The summed E-state index contributed by atoms with van der Waals surface area (Å²) in [6.45, 7) is 0. The quantitative estimate of drug-likeness (QED) is 0.160. The summed E-state index contributed by atoms with van der Waals surface area (Å²) in [5.74, 6) is 0.693. The zero-order valence-corrected chi connectivity index (χ0v) is 30.9. The van der Waals surface area contributed by atoms with Crippen LogP contribution in [0.1, 0.15) is 0 Å². The molecule has 0 amide bonds. The van der Waals surface area contributed by atoms with E-state index in [4.69, 9.17) is 15.0 Å². The summed E-state index contributed by atoms with van der Waals surface area (Å²) in [7, 11) is 0. The fourth-order valence-corrected chi connectivity index (χ4v) is 8.29. The molecule has 4 heteroatoms. The van der Waals surface area contributed by atoms with E-state index < -0.39 is 0 Å². The third kappa shape index (κ3) is 5.66. The molecule has 0 aliphatic carbocycles. The number of nitrogens with zero attached hydrogens (tertiary/aromatic N) is 4. The molecule has 0 spiro atoms. The zero-order valence-electron chi connectivity index (χ0n) is 30.9. The first-order valence-electron chi connectivity index (χ1n) is 19.3. The van der Waals surface area contributed by atoms with Gasteiger partial charge in [-0.05, 0) is 52.9 Å². The van der Waals surface area contributed by atoms with E-state index >= 15 is 0 Å². The SMILES string of the molecule is c1ccc(-c2ccc(-c3cc(-c4ccc(-c5nc6ccccc6c6ccc7c(c8ccccc8n7-c7ccccc7)c56)cc4)nc(-c4ccccc4)n3)cc2)cc1. The average Bonchev–Trinajstić information content (AvgIpc) is 3.64. The monoisotopic (exact) mass is 726 g/mol. The number of fused-ring (bicyclic) bond motifs is 7. The highest BCUT2D eigenvalue weighted by Crippen LogP contribution is 2.43. The van der Waals surface area contributed by atoms with Gasteiger partial charge in [0.2, 0.25) is 0 Å². The lowest BCUT2D eigenvalue weighted by atomic mass is 9.95. The highest BCUT2D eigenvalue weighted by atomic mass is 15.0. The van der Waals surface area contributed by atoms with E-state index in [-0.39, 0.29) is 0 Å². The molecule has 0 aliphatic heterocycles. The van der Waals surface area contributed by atoms with Crippen molar-refractivity contribution in [2.75, 3.05) is 0 Å². The summed E-state index contributed by atoms with van der Waals surface area (Å²) in [6.07, 6.45) is 0. The van der Waals surface area contributed by atoms with Crippen molar-refractivity contribution < 1.29 is 0 Å². The minimum absolute atomic E-state index is 0.693. The molecule has 4 nitrogen and oxygen atoms in total. The molecule has 57 heavy (non-hydrogen) atoms. The predicted octanol–water partition coefficient (Wildman–Crippen LogP) is 13.6. The highest BCUT2D eigenvalue weighted by Gasteiger charge is 2.20. The molecular weight excluding hydrogens is 693 g/mol. The maximum Gasteiger partial charge on any atom is 0.160 e. The van der Waals surface area contributed by atoms with Gasteiger partial charge in [0.25, 0.3) is 0 Å². The number of hydrogen-bond donors (Lipinski definition) is 0. The van der Waals surface area contributed by atoms with Crippen molar-refractivity contribution in [2.24, 2.45) is 0 Å². The van der Waals surface area contributed by atoms with E-state index in [1.54, 1.807) is 0 Å². The molecule has 0 aliphatic rings. The summed E-state index contributed by atoms with van der Waals surface area (Å²) >= 11 is 0. The second-order valence-corrected chi connectivity index (χ2v) is 14.4. The van der Waals surface area contributed by atoms with Crippen LogP contribution in [0.3, 0.4) is 0 Å². The Morgan fingerprint density at radius 2 is 0.842 bits per heavy atom. The minimum Gasteiger partial charge on any atom is -0.309 e. The first kappa shape index (κ1) is 32.7. The molecule has 0 bridgehead atoms. The van der Waals surface area contributed by atoms with E-state index in [1.807, 2.05) is 24.3 Å². The number of rotatable bonds is 6. The van der Waals surface area contributed by atoms with Gasteiger partial charge in [0.05, 0.1) is 33.6 Å². The molecule has 0 saturated heterocycles. The Labute approximate surface area is 330 Å². The van der Waals surface area contributed by atoms with Gasteiger partial charge in [0.15, 0.2) is 5.82 Å². The Kier molecular flexibility index (Phi) is 7.78. The van der Waals surface area contributed by atoms with Crippen LogP contribution in [-0.2, 0) is 0 Å². The van der Waals surface area contributed by atoms with Crippen molar-refractivity contribution in [1.82, 2.24) is 19.5 Å². The molecule has 266 valence electrons. The maximum absolute atomic E-state index is 5.42. The standard InChI is InChI=1S/C53H34N4/c1-4-14-35(15-5-1)36-24-26-37(27-25-36)46-34-47(56-53(55-46)40-16-6-2-7-17-40)38-28-30-39(31-29-38)52-51-43(42-20-10-12-22-45(42)54-52)32-33-49-50(51)44-21-11-13-23-48(44)57(49)41-18-8-3-9-19-41/h1-34H. The molecule has 0 N–H and O–H groups in total. The molecule has 11 rings (SSSR count). The van der Waals surface area contributed by atoms with Crippen molar-refractivity contribution in [3.05, 3.63) is 206 Å². The highest BCUT2D eigenvalue weighted by molar-refractivity contribution is 6.28. The fourth-order valence-electron chi connectivity index (χ4n) is 8.29. The number of hydrogen-bond acceptors (Lipinski definition) is 3. The van der Waals surface area contributed by atoms with E-state index in [1.165, 1.54) is 32.8 Å². The molecule has 0 unspecified atom stereocenters. The normalized spacial score (nSPS) is 11.5. The van der Waals surface area contributed by atoms with Crippen LogP contribution in [0.5, 0.6) is 0 Å². The Hall–Kier alpha value is -7.69. The van der Waals surface area contributed by atoms with E-state index in [0.29, 0.717) is 5.82 Å². The summed E-state index contributed by atoms with van der Waals surface area (Å²) < 4.78 is 2.37. The van der Waals surface area contributed by atoms with Crippen LogP contribution >= 0.6 is 0 Å². The first-order valence-corrected chi connectivity index (χ1v) is 19.3. The van der Waals surface area contributed by atoms with Gasteiger partial charge in [-0.3, -0.25) is 0 Å². The van der Waals surface area contributed by atoms with Crippen molar-refractivity contribution in [3.8, 4) is 62.0 Å². The Bertz CT molecular complexity index is 3240. The zero-order chi connectivity index (χ0) is 37.7. The van der Waals surface area contributed by atoms with Gasteiger partial charge in [0, 0.05) is 49.5 Å². The molecule has 3 aromatic heterocycles. The third-order valence-corrected chi connectivity index (χ3v) is 11.0. The number of benzene rings is 8. The van der Waals surface area contributed by atoms with E-state index in [2.05, 4.69) is 187 Å². The Morgan fingerprint density at radius 1 is 0.316 bits per heavy atom. The van der Waals surface area contributed by atoms with Crippen molar-refractivity contribution in [2.45, 2.75) is 0 Å². The summed E-state index contributed by atoms with van der Waals surface area (Å²) in [5, 5.41) is 5.89. The topological polar surface area (TPSA) is 43.6 Å². The summed E-state index contributed by atoms with van der Waals surface area (Å²) in [5.41, 5.74) is 13.6. The van der Waals surface area contributed by atoms with Crippen LogP contribution in [0.25, 0.3) is 105 Å². The van der Waals surface area contributed by atoms with Gasteiger partial charge in [-0.2, -0.15) is 0 Å². The fraction of sp³-hybridized carbons (Fsp3) is 0. The summed E-state index contributed by atoms with van der Waals surface area (Å²) in [6, 6.07) is 72.5. The largest absolute Gasteiger partial charge is 0.309 e. The van der Waals surface area contributed by atoms with Crippen molar-refractivity contribution in [3.63, 3.8) is 0 Å². The maximum atomic E-state index is 5.42. The molecule has 8 aromatic carbocycles. The molecule has 3 heterocycles. The number of pyridine rings is 1. The van der Waals surface area contributed by atoms with E-state index in [9.17, 15) is 0 Å². The van der Waals surface area contributed by atoms with Crippen LogP contribution in [0.15, 0.2) is 206 Å². The van der Waals surface area contributed by atoms with Gasteiger partial charge < -0.3 is 4.57 Å². The van der Waals surface area contributed by atoms with E-state index in [0.717, 1.165) is 66.8 Å². The van der Waals surface area contributed by atoms with Gasteiger partial charge in [-0.25, -0.2) is 15.0 Å². The smallest absolute Gasteiger partial charge is 0.160 e. The second kappa shape index (κ2) is 13.6. The van der Waals surface area contributed by atoms with Gasteiger partial charge >= 0.3 is 0 Å². The van der Waals surface area contributed by atoms with Crippen LogP contribution in [0.4, 0.5) is 0 Å². The van der Waals surface area contributed by atoms with Crippen molar-refractivity contribution >= 4 is 43.5 Å². The minimum atomic E-state index is 0.693. The average molecular weight is 727 g/mol. The predicted molar refractivity (Wildman–Crippen MR) is 236 cm³/mol. The Morgan fingerprint density at radius 3 is 1.53 bits per heavy atom. The molecule has 0 saturated carbocycles. The third-order valence-electron chi connectivity index (χ3n) is 11.0. The lowest BCUT2D eigenvalue weighted by Crippen LogP contribution is -1.96. The summed E-state index contributed by atoms with van der Waals surface area (Å²) in [4.78, 5) is 15.6. The first-order chi connectivity index (χ1) is 28.3. The Balaban J connectivity index is 1.08. The number of aromatic nitrogens is 4. The van der Waals surface area contributed by atoms with Crippen LogP contribution in [-0.4, -0.2) is 19.5 Å². The van der Waals surface area contributed by atoms with Gasteiger partial charge in [-0.1, -0.05) is 170 Å². The second-order valence-electron chi connectivity index (χ2n) is 14.4. The molecule has 0 fully saturated rings. The van der Waals surface area contributed by atoms with Crippen LogP contribution in [0.2, 0.25) is 0 Å². The molecule has 11 aromatic rings. The van der Waals surface area contributed by atoms with Crippen LogP contribution < -0.4 is 0 Å². The van der Waals surface area contributed by atoms with Gasteiger partial charge in [0.1, 0.15) is 0 Å². The molecule has 0 atom stereocenters. The number of para-hydroxylation sites is 3. The lowest BCUT2D eigenvalue weighted by Gasteiger charge is -2.14. The molecule has 0 radical (unpaired) electrons. The lowest BCUT2D eigenvalue weighted by molar-refractivity contribution is 1.18. The van der Waals surface area contributed by atoms with Crippen molar-refractivity contribution in [1.29, 1.82) is 0 Å². The van der Waals surface area contributed by atoms with Crippen LogP contribution in [0, 0.1) is 0 Å². The molecular formula is C53H34N4. The van der Waals surface area contributed by atoms with Gasteiger partial charge in [-0.15, -0.1) is 0 Å².